The topological polar surface area (TPSA) is 26.3 Å². The first-order valence-corrected chi connectivity index (χ1v) is 9.11. The molecule has 0 N–H and O–H groups in total. The molecule has 0 aliphatic rings. The van der Waals surface area contributed by atoms with Crippen LogP contribution in [0.2, 0.25) is 0 Å². The van der Waals surface area contributed by atoms with Gasteiger partial charge in [0, 0.05) is 5.56 Å². The lowest BCUT2D eigenvalue weighted by Crippen LogP contribution is -2.00. The van der Waals surface area contributed by atoms with Gasteiger partial charge in [0.2, 0.25) is 0 Å². The van der Waals surface area contributed by atoms with Gasteiger partial charge in [-0.15, -0.1) is 0 Å². The van der Waals surface area contributed by atoms with Crippen molar-refractivity contribution in [3.8, 4) is 23.0 Å². The van der Waals surface area contributed by atoms with Gasteiger partial charge in [0.05, 0.1) is 12.7 Å². The highest BCUT2D eigenvalue weighted by molar-refractivity contribution is 5.89. The summed E-state index contributed by atoms with van der Waals surface area (Å²) in [5.41, 5.74) is 7.34. The first-order chi connectivity index (χ1) is 13.6. The standard InChI is InChI=1S/C26H22O2/c1-19-8-13-22(14-9-19)25-17-10-20(2)18-24(25)7-5-4-6-21-11-15-23(16-12-21)26(27)28-3/h5,7-18H,1-3H3/b7-5+. The number of hydrogen-bond donors (Lipinski definition) is 0. The normalized spacial score (nSPS) is 10.4. The highest BCUT2D eigenvalue weighted by Crippen LogP contribution is 2.26. The minimum atomic E-state index is -0.345. The second kappa shape index (κ2) is 8.88. The van der Waals surface area contributed by atoms with Crippen molar-refractivity contribution in [2.75, 3.05) is 7.11 Å². The van der Waals surface area contributed by atoms with Crippen LogP contribution in [0.25, 0.3) is 17.2 Å². The molecule has 0 aromatic heterocycles. The summed E-state index contributed by atoms with van der Waals surface area (Å²) in [5, 5.41) is 0. The molecule has 0 saturated carbocycles. The van der Waals surface area contributed by atoms with Gasteiger partial charge in [-0.2, -0.15) is 0 Å². The fraction of sp³-hybridized carbons (Fsp3) is 0.115. The Labute approximate surface area is 166 Å². The molecule has 2 heteroatoms. The van der Waals surface area contributed by atoms with Gasteiger partial charge in [0.1, 0.15) is 0 Å². The van der Waals surface area contributed by atoms with Crippen LogP contribution >= 0.6 is 0 Å². The number of esters is 1. The summed E-state index contributed by atoms with van der Waals surface area (Å²) in [6.45, 7) is 4.18. The van der Waals surface area contributed by atoms with E-state index >= 15 is 0 Å². The maximum atomic E-state index is 11.5. The van der Waals surface area contributed by atoms with Gasteiger partial charge < -0.3 is 4.74 Å². The molecule has 3 aromatic carbocycles. The van der Waals surface area contributed by atoms with Crippen LogP contribution < -0.4 is 0 Å². The summed E-state index contributed by atoms with van der Waals surface area (Å²) >= 11 is 0. The van der Waals surface area contributed by atoms with Gasteiger partial charge in [0.25, 0.3) is 0 Å². The van der Waals surface area contributed by atoms with E-state index in [1.54, 1.807) is 12.1 Å². The average Bonchev–Trinajstić information content (AvgIpc) is 2.72. The summed E-state index contributed by atoms with van der Waals surface area (Å²) < 4.78 is 4.70. The number of methoxy groups -OCH3 is 1. The minimum absolute atomic E-state index is 0.345. The van der Waals surface area contributed by atoms with Gasteiger partial charge in [0.15, 0.2) is 0 Å². The zero-order valence-corrected chi connectivity index (χ0v) is 16.3. The molecule has 0 aliphatic carbocycles. The third-order valence-electron chi connectivity index (χ3n) is 4.44. The van der Waals surface area contributed by atoms with E-state index in [9.17, 15) is 4.79 Å². The lowest BCUT2D eigenvalue weighted by molar-refractivity contribution is 0.0600. The first-order valence-electron chi connectivity index (χ1n) is 9.11. The summed E-state index contributed by atoms with van der Waals surface area (Å²) in [6, 6.07) is 22.1. The maximum absolute atomic E-state index is 11.5. The SMILES string of the molecule is COC(=O)c1ccc(C#C/C=C/c2cc(C)ccc2-c2ccc(C)cc2)cc1. The van der Waals surface area contributed by atoms with Crippen LogP contribution in [0.15, 0.2) is 72.8 Å². The molecule has 0 saturated heterocycles. The van der Waals surface area contributed by atoms with Crippen molar-refractivity contribution in [3.63, 3.8) is 0 Å². The Morgan fingerprint density at radius 3 is 2.25 bits per heavy atom. The molecule has 0 fully saturated rings. The molecule has 0 radical (unpaired) electrons. The smallest absolute Gasteiger partial charge is 0.337 e. The Morgan fingerprint density at radius 2 is 1.57 bits per heavy atom. The van der Waals surface area contributed by atoms with E-state index in [0.717, 1.165) is 11.1 Å². The molecule has 0 atom stereocenters. The maximum Gasteiger partial charge on any atom is 0.337 e. The van der Waals surface area contributed by atoms with Crippen molar-refractivity contribution >= 4 is 12.0 Å². The first kappa shape index (κ1) is 19.2. The highest BCUT2D eigenvalue weighted by atomic mass is 16.5. The van der Waals surface area contributed by atoms with Gasteiger partial charge in [-0.3, -0.25) is 0 Å². The second-order valence-electron chi connectivity index (χ2n) is 6.63. The molecule has 0 spiro atoms. The van der Waals surface area contributed by atoms with Crippen LogP contribution in [0.5, 0.6) is 0 Å². The number of carbonyl (C=O) groups excluding carboxylic acids is 1. The number of benzene rings is 3. The van der Waals surface area contributed by atoms with Crippen LogP contribution in [0.4, 0.5) is 0 Å². The van der Waals surface area contributed by atoms with Crippen molar-refractivity contribution < 1.29 is 9.53 Å². The molecule has 0 heterocycles. The minimum Gasteiger partial charge on any atom is -0.465 e. The van der Waals surface area contributed by atoms with Crippen molar-refractivity contribution in [3.05, 3.63) is 101 Å². The van der Waals surface area contributed by atoms with Gasteiger partial charge >= 0.3 is 5.97 Å². The van der Waals surface area contributed by atoms with Gasteiger partial charge in [-0.25, -0.2) is 4.79 Å². The van der Waals surface area contributed by atoms with E-state index < -0.39 is 0 Å². The summed E-state index contributed by atoms with van der Waals surface area (Å²) in [4.78, 5) is 11.5. The Morgan fingerprint density at radius 1 is 0.893 bits per heavy atom. The van der Waals surface area contributed by atoms with Crippen molar-refractivity contribution in [2.24, 2.45) is 0 Å². The van der Waals surface area contributed by atoms with Crippen molar-refractivity contribution in [2.45, 2.75) is 13.8 Å². The number of carbonyl (C=O) groups is 1. The summed E-state index contributed by atoms with van der Waals surface area (Å²) in [5.74, 6) is 5.82. The molecule has 3 aromatic rings. The van der Waals surface area contributed by atoms with E-state index in [2.05, 4.69) is 68.2 Å². The molecular formula is C26H22O2. The number of ether oxygens (including phenoxy) is 1. The molecule has 0 amide bonds. The zero-order chi connectivity index (χ0) is 19.9. The molecule has 0 bridgehead atoms. The third-order valence-corrected chi connectivity index (χ3v) is 4.44. The summed E-state index contributed by atoms with van der Waals surface area (Å²) in [7, 11) is 1.37. The molecule has 3 rings (SSSR count). The van der Waals surface area contributed by atoms with E-state index in [1.807, 2.05) is 24.3 Å². The van der Waals surface area contributed by atoms with Crippen LogP contribution in [0.3, 0.4) is 0 Å². The van der Waals surface area contributed by atoms with Gasteiger partial charge in [-0.1, -0.05) is 65.4 Å². The largest absolute Gasteiger partial charge is 0.465 e. The number of allylic oxidation sites excluding steroid dienone is 1. The number of rotatable bonds is 3. The molecule has 0 unspecified atom stereocenters. The molecule has 28 heavy (non-hydrogen) atoms. The van der Waals surface area contributed by atoms with E-state index in [1.165, 1.54) is 29.4 Å². The Kier molecular flexibility index (Phi) is 6.09. The highest BCUT2D eigenvalue weighted by Gasteiger charge is 2.04. The Bertz CT molecular complexity index is 1060. The molecule has 0 aliphatic heterocycles. The number of aryl methyl sites for hydroxylation is 2. The second-order valence-corrected chi connectivity index (χ2v) is 6.63. The molecular weight excluding hydrogens is 344 g/mol. The summed E-state index contributed by atoms with van der Waals surface area (Å²) in [6.07, 6.45) is 3.90. The fourth-order valence-corrected chi connectivity index (χ4v) is 2.88. The zero-order valence-electron chi connectivity index (χ0n) is 16.3. The van der Waals surface area contributed by atoms with E-state index in [0.29, 0.717) is 5.56 Å². The third kappa shape index (κ3) is 4.78. The Balaban J connectivity index is 1.81. The Hall–Kier alpha value is -3.57. The number of hydrogen-bond acceptors (Lipinski definition) is 2. The van der Waals surface area contributed by atoms with E-state index in [4.69, 9.17) is 4.74 Å². The van der Waals surface area contributed by atoms with E-state index in [-0.39, 0.29) is 5.97 Å². The lowest BCUT2D eigenvalue weighted by Gasteiger charge is -2.08. The van der Waals surface area contributed by atoms with Crippen LogP contribution in [0.1, 0.15) is 32.6 Å². The average molecular weight is 366 g/mol. The lowest BCUT2D eigenvalue weighted by atomic mass is 9.97. The molecule has 2 nitrogen and oxygen atoms in total. The van der Waals surface area contributed by atoms with Crippen LogP contribution in [0, 0.1) is 25.7 Å². The fourth-order valence-electron chi connectivity index (χ4n) is 2.88. The van der Waals surface area contributed by atoms with Crippen LogP contribution in [-0.4, -0.2) is 13.1 Å². The van der Waals surface area contributed by atoms with Crippen LogP contribution in [-0.2, 0) is 4.74 Å². The quantitative estimate of drug-likeness (QED) is 0.431. The predicted molar refractivity (Wildman–Crippen MR) is 115 cm³/mol. The molecule has 138 valence electrons. The van der Waals surface area contributed by atoms with Crippen molar-refractivity contribution in [1.29, 1.82) is 0 Å². The monoisotopic (exact) mass is 366 g/mol. The predicted octanol–water partition coefficient (Wildman–Crippen LogP) is 5.82. The van der Waals surface area contributed by atoms with Crippen molar-refractivity contribution in [1.82, 2.24) is 0 Å². The van der Waals surface area contributed by atoms with Gasteiger partial charge in [-0.05, 0) is 67.0 Å².